The summed E-state index contributed by atoms with van der Waals surface area (Å²) >= 11 is 0. The second kappa shape index (κ2) is 4.20. The zero-order chi connectivity index (χ0) is 9.68. The number of hydrogen-bond acceptors (Lipinski definition) is 4. The molecule has 1 N–H and O–H groups in total. The van der Waals surface area contributed by atoms with Crippen LogP contribution in [0.25, 0.3) is 0 Å². The van der Waals surface area contributed by atoms with Gasteiger partial charge in [-0.05, 0) is 5.56 Å². The summed E-state index contributed by atoms with van der Waals surface area (Å²) in [5.41, 5.74) is 0.924. The molecular formula is C8H8N2O3. The lowest BCUT2D eigenvalue weighted by Gasteiger charge is -1.94. The highest BCUT2D eigenvalue weighted by Crippen LogP contribution is 2.11. The van der Waals surface area contributed by atoms with E-state index in [1.165, 1.54) is 18.3 Å². The Bertz CT molecular complexity index is 319. The van der Waals surface area contributed by atoms with E-state index in [0.717, 1.165) is 5.56 Å². The Morgan fingerprint density at radius 3 is 2.54 bits per heavy atom. The predicted molar refractivity (Wildman–Crippen MR) is 47.1 cm³/mol. The number of nitro groups is 1. The van der Waals surface area contributed by atoms with Gasteiger partial charge in [0.15, 0.2) is 0 Å². The van der Waals surface area contributed by atoms with Gasteiger partial charge < -0.3 is 5.21 Å². The smallest absolute Gasteiger partial charge is 0.269 e. The molecule has 0 amide bonds. The van der Waals surface area contributed by atoms with Crippen molar-refractivity contribution in [2.24, 2.45) is 5.16 Å². The van der Waals surface area contributed by atoms with Crippen molar-refractivity contribution in [1.29, 1.82) is 0 Å². The van der Waals surface area contributed by atoms with Gasteiger partial charge in [0, 0.05) is 24.8 Å². The summed E-state index contributed by atoms with van der Waals surface area (Å²) in [6.07, 6.45) is 1.79. The molecular weight excluding hydrogens is 172 g/mol. The van der Waals surface area contributed by atoms with Crippen molar-refractivity contribution in [1.82, 2.24) is 0 Å². The van der Waals surface area contributed by atoms with Gasteiger partial charge in [0.05, 0.1) is 4.92 Å². The van der Waals surface area contributed by atoms with Crippen LogP contribution in [0.15, 0.2) is 29.4 Å². The maximum Gasteiger partial charge on any atom is 0.269 e. The summed E-state index contributed by atoms with van der Waals surface area (Å²) in [7, 11) is 0. The molecule has 5 nitrogen and oxygen atoms in total. The third-order valence-electron chi connectivity index (χ3n) is 1.56. The van der Waals surface area contributed by atoms with Crippen molar-refractivity contribution < 1.29 is 10.1 Å². The third-order valence-corrected chi connectivity index (χ3v) is 1.56. The monoisotopic (exact) mass is 180 g/mol. The van der Waals surface area contributed by atoms with Gasteiger partial charge in [0.2, 0.25) is 0 Å². The molecule has 0 aromatic heterocycles. The van der Waals surface area contributed by atoms with E-state index in [9.17, 15) is 10.1 Å². The van der Waals surface area contributed by atoms with Crippen molar-refractivity contribution in [3.05, 3.63) is 39.9 Å². The van der Waals surface area contributed by atoms with Crippen LogP contribution in [0.3, 0.4) is 0 Å². The number of non-ortho nitro benzene ring substituents is 1. The molecule has 13 heavy (non-hydrogen) atoms. The molecule has 0 saturated carbocycles. The molecule has 5 heteroatoms. The zero-order valence-corrected chi connectivity index (χ0v) is 6.75. The molecule has 0 bridgehead atoms. The van der Waals surface area contributed by atoms with Gasteiger partial charge in [-0.2, -0.15) is 0 Å². The van der Waals surface area contributed by atoms with Crippen LogP contribution in [0.5, 0.6) is 0 Å². The van der Waals surface area contributed by atoms with E-state index in [-0.39, 0.29) is 5.69 Å². The summed E-state index contributed by atoms with van der Waals surface area (Å²) in [4.78, 5) is 9.81. The second-order valence-corrected chi connectivity index (χ2v) is 2.43. The van der Waals surface area contributed by atoms with Gasteiger partial charge in [-0.25, -0.2) is 0 Å². The quantitative estimate of drug-likeness (QED) is 0.332. The molecule has 0 radical (unpaired) electrons. The molecule has 1 aromatic carbocycles. The van der Waals surface area contributed by atoms with Crippen molar-refractivity contribution in [2.45, 2.75) is 6.42 Å². The van der Waals surface area contributed by atoms with Crippen LogP contribution in [0, 0.1) is 10.1 Å². The average molecular weight is 180 g/mol. The lowest BCUT2D eigenvalue weighted by molar-refractivity contribution is -0.384. The van der Waals surface area contributed by atoms with E-state index < -0.39 is 4.92 Å². The molecule has 0 spiro atoms. The number of nitro benzene ring substituents is 1. The molecule has 0 aliphatic rings. The number of benzene rings is 1. The summed E-state index contributed by atoms with van der Waals surface area (Å²) in [6, 6.07) is 6.08. The Balaban J connectivity index is 2.75. The predicted octanol–water partition coefficient (Wildman–Crippen LogP) is 1.60. The lowest BCUT2D eigenvalue weighted by Crippen LogP contribution is -1.89. The Kier molecular flexibility index (Phi) is 2.97. The van der Waals surface area contributed by atoms with Gasteiger partial charge in [0.1, 0.15) is 0 Å². The Morgan fingerprint density at radius 2 is 2.08 bits per heavy atom. The maximum atomic E-state index is 10.3. The van der Waals surface area contributed by atoms with Crippen LogP contribution < -0.4 is 0 Å². The minimum absolute atomic E-state index is 0.0599. The van der Waals surface area contributed by atoms with Crippen LogP contribution >= 0.6 is 0 Å². The maximum absolute atomic E-state index is 10.3. The molecule has 0 aliphatic heterocycles. The molecule has 0 heterocycles. The van der Waals surface area contributed by atoms with E-state index in [1.807, 2.05) is 0 Å². The SMILES string of the molecule is O=[N+]([O-])c1ccc(C/C=N\O)cc1. The largest absolute Gasteiger partial charge is 0.411 e. The Morgan fingerprint density at radius 1 is 1.46 bits per heavy atom. The van der Waals surface area contributed by atoms with E-state index in [1.54, 1.807) is 12.1 Å². The van der Waals surface area contributed by atoms with E-state index in [2.05, 4.69) is 5.16 Å². The number of hydrogen-bond donors (Lipinski definition) is 1. The van der Waals surface area contributed by atoms with E-state index in [0.29, 0.717) is 6.42 Å². The molecule has 0 atom stereocenters. The number of oxime groups is 1. The Hall–Kier alpha value is -1.91. The molecule has 0 unspecified atom stereocenters. The first-order chi connectivity index (χ1) is 6.24. The van der Waals surface area contributed by atoms with Gasteiger partial charge >= 0.3 is 0 Å². The standard InChI is InChI=1S/C8H8N2O3/c11-9-6-5-7-1-3-8(4-2-7)10(12)13/h1-4,6,11H,5H2/b9-6-. The fourth-order valence-corrected chi connectivity index (χ4v) is 0.900. The molecule has 0 aliphatic carbocycles. The van der Waals surface area contributed by atoms with Crippen molar-refractivity contribution in [3.63, 3.8) is 0 Å². The van der Waals surface area contributed by atoms with Crippen LogP contribution in [0.4, 0.5) is 5.69 Å². The van der Waals surface area contributed by atoms with Crippen LogP contribution in [-0.4, -0.2) is 16.3 Å². The van der Waals surface area contributed by atoms with Crippen LogP contribution in [0.2, 0.25) is 0 Å². The van der Waals surface area contributed by atoms with Crippen molar-refractivity contribution >= 4 is 11.9 Å². The van der Waals surface area contributed by atoms with Gasteiger partial charge in [-0.1, -0.05) is 12.1 Å². The summed E-state index contributed by atoms with van der Waals surface area (Å²) in [6.45, 7) is 0. The minimum atomic E-state index is -0.454. The first kappa shape index (κ1) is 9.18. The topological polar surface area (TPSA) is 75.7 Å². The Labute approximate surface area is 74.5 Å². The highest BCUT2D eigenvalue weighted by Gasteiger charge is 2.02. The normalized spacial score (nSPS) is 10.5. The molecule has 0 saturated heterocycles. The van der Waals surface area contributed by atoms with Gasteiger partial charge in [0.25, 0.3) is 5.69 Å². The number of rotatable bonds is 3. The van der Waals surface area contributed by atoms with Gasteiger partial charge in [-0.3, -0.25) is 10.1 Å². The minimum Gasteiger partial charge on any atom is -0.411 e. The van der Waals surface area contributed by atoms with Crippen molar-refractivity contribution in [2.75, 3.05) is 0 Å². The first-order valence-electron chi connectivity index (χ1n) is 3.63. The van der Waals surface area contributed by atoms with Crippen LogP contribution in [0.1, 0.15) is 5.56 Å². The van der Waals surface area contributed by atoms with E-state index >= 15 is 0 Å². The van der Waals surface area contributed by atoms with Crippen LogP contribution in [-0.2, 0) is 6.42 Å². The molecule has 0 fully saturated rings. The molecule has 1 rings (SSSR count). The highest BCUT2D eigenvalue weighted by atomic mass is 16.6. The first-order valence-corrected chi connectivity index (χ1v) is 3.63. The fourth-order valence-electron chi connectivity index (χ4n) is 0.900. The second-order valence-electron chi connectivity index (χ2n) is 2.43. The number of nitrogens with zero attached hydrogens (tertiary/aromatic N) is 2. The fraction of sp³-hybridized carbons (Fsp3) is 0.125. The van der Waals surface area contributed by atoms with Crippen molar-refractivity contribution in [3.8, 4) is 0 Å². The van der Waals surface area contributed by atoms with E-state index in [4.69, 9.17) is 5.21 Å². The zero-order valence-electron chi connectivity index (χ0n) is 6.75. The summed E-state index contributed by atoms with van der Waals surface area (Å²) < 4.78 is 0. The molecule has 1 aromatic rings. The summed E-state index contributed by atoms with van der Waals surface area (Å²) in [5.74, 6) is 0. The average Bonchev–Trinajstić information content (AvgIpc) is 2.15. The summed E-state index contributed by atoms with van der Waals surface area (Å²) in [5, 5.41) is 21.2. The highest BCUT2D eigenvalue weighted by molar-refractivity contribution is 5.60. The van der Waals surface area contributed by atoms with Gasteiger partial charge in [-0.15, -0.1) is 5.16 Å². The third kappa shape index (κ3) is 2.55. The molecule has 68 valence electrons. The lowest BCUT2D eigenvalue weighted by atomic mass is 10.1.